The van der Waals surface area contributed by atoms with Crippen LogP contribution in [0.2, 0.25) is 0 Å². The SMILES string of the molecule is Cc1cc(C(=O)Nc2ccc(F)cc2F)nc(NCCCN(C)C)n1. The second kappa shape index (κ2) is 8.48. The van der Waals surface area contributed by atoms with Crippen molar-refractivity contribution in [3.05, 3.63) is 47.3 Å². The summed E-state index contributed by atoms with van der Waals surface area (Å²) < 4.78 is 26.6. The summed E-state index contributed by atoms with van der Waals surface area (Å²) in [5.41, 5.74) is 0.601. The van der Waals surface area contributed by atoms with Crippen LogP contribution in [0.4, 0.5) is 20.4 Å². The third kappa shape index (κ3) is 5.75. The summed E-state index contributed by atoms with van der Waals surface area (Å²) in [4.78, 5) is 22.7. The van der Waals surface area contributed by atoms with E-state index in [-0.39, 0.29) is 11.4 Å². The van der Waals surface area contributed by atoms with Crippen molar-refractivity contribution >= 4 is 17.5 Å². The van der Waals surface area contributed by atoms with Gasteiger partial charge in [-0.05, 0) is 52.2 Å². The van der Waals surface area contributed by atoms with Gasteiger partial charge in [-0.1, -0.05) is 0 Å². The van der Waals surface area contributed by atoms with Crippen LogP contribution in [0.15, 0.2) is 24.3 Å². The molecule has 134 valence electrons. The highest BCUT2D eigenvalue weighted by atomic mass is 19.1. The van der Waals surface area contributed by atoms with Gasteiger partial charge in [0, 0.05) is 18.3 Å². The highest BCUT2D eigenvalue weighted by molar-refractivity contribution is 6.03. The van der Waals surface area contributed by atoms with Gasteiger partial charge in [-0.2, -0.15) is 0 Å². The topological polar surface area (TPSA) is 70.2 Å². The fraction of sp³-hybridized carbons (Fsp3) is 0.353. The van der Waals surface area contributed by atoms with Crippen LogP contribution >= 0.6 is 0 Å². The fourth-order valence-corrected chi connectivity index (χ4v) is 2.14. The Morgan fingerprint density at radius 1 is 1.20 bits per heavy atom. The first kappa shape index (κ1) is 18.7. The zero-order chi connectivity index (χ0) is 18.4. The molecule has 8 heteroatoms. The van der Waals surface area contributed by atoms with E-state index in [2.05, 4.69) is 25.5 Å². The summed E-state index contributed by atoms with van der Waals surface area (Å²) in [6.45, 7) is 3.31. The number of amides is 1. The van der Waals surface area contributed by atoms with Gasteiger partial charge in [0.15, 0.2) is 0 Å². The Kier molecular flexibility index (Phi) is 6.35. The van der Waals surface area contributed by atoms with Gasteiger partial charge in [0.25, 0.3) is 5.91 Å². The lowest BCUT2D eigenvalue weighted by Gasteiger charge is -2.11. The maximum atomic E-state index is 13.7. The summed E-state index contributed by atoms with van der Waals surface area (Å²) in [5, 5.41) is 5.45. The molecule has 0 atom stereocenters. The maximum Gasteiger partial charge on any atom is 0.274 e. The number of carbonyl (C=O) groups is 1. The normalized spacial score (nSPS) is 10.8. The number of aromatic nitrogens is 2. The van der Waals surface area contributed by atoms with Crippen LogP contribution in [0.5, 0.6) is 0 Å². The van der Waals surface area contributed by atoms with E-state index in [0.717, 1.165) is 25.1 Å². The molecule has 0 saturated heterocycles. The van der Waals surface area contributed by atoms with E-state index in [1.165, 1.54) is 6.07 Å². The van der Waals surface area contributed by atoms with Crippen molar-refractivity contribution in [2.24, 2.45) is 0 Å². The first-order valence-corrected chi connectivity index (χ1v) is 7.86. The molecule has 2 aromatic rings. The molecule has 0 saturated carbocycles. The summed E-state index contributed by atoms with van der Waals surface area (Å²) in [5.74, 6) is -1.81. The molecule has 0 aliphatic carbocycles. The highest BCUT2D eigenvalue weighted by Gasteiger charge is 2.13. The van der Waals surface area contributed by atoms with Crippen molar-refractivity contribution in [3.8, 4) is 0 Å². The number of anilines is 2. The third-order valence-corrected chi connectivity index (χ3v) is 3.33. The molecule has 0 aliphatic heterocycles. The number of hydrogen-bond donors (Lipinski definition) is 2. The minimum Gasteiger partial charge on any atom is -0.354 e. The monoisotopic (exact) mass is 349 g/mol. The molecule has 1 heterocycles. The molecule has 25 heavy (non-hydrogen) atoms. The number of nitrogens with zero attached hydrogens (tertiary/aromatic N) is 3. The molecule has 0 bridgehead atoms. The zero-order valence-corrected chi connectivity index (χ0v) is 14.4. The number of nitrogens with one attached hydrogen (secondary N) is 2. The van der Waals surface area contributed by atoms with Gasteiger partial charge in [0.05, 0.1) is 5.69 Å². The van der Waals surface area contributed by atoms with E-state index in [0.29, 0.717) is 24.3 Å². The van der Waals surface area contributed by atoms with Gasteiger partial charge >= 0.3 is 0 Å². The van der Waals surface area contributed by atoms with Crippen molar-refractivity contribution < 1.29 is 13.6 Å². The van der Waals surface area contributed by atoms with E-state index in [9.17, 15) is 13.6 Å². The fourth-order valence-electron chi connectivity index (χ4n) is 2.14. The van der Waals surface area contributed by atoms with E-state index in [1.807, 2.05) is 14.1 Å². The van der Waals surface area contributed by atoms with Crippen LogP contribution in [-0.2, 0) is 0 Å². The molecule has 2 N–H and O–H groups in total. The number of hydrogen-bond acceptors (Lipinski definition) is 5. The van der Waals surface area contributed by atoms with Crippen LogP contribution in [0.25, 0.3) is 0 Å². The third-order valence-electron chi connectivity index (χ3n) is 3.33. The van der Waals surface area contributed by atoms with Gasteiger partial charge < -0.3 is 15.5 Å². The number of rotatable bonds is 7. The Hall–Kier alpha value is -2.61. The molecular weight excluding hydrogens is 328 g/mol. The van der Waals surface area contributed by atoms with Crippen LogP contribution in [-0.4, -0.2) is 48.0 Å². The average Bonchev–Trinajstić information content (AvgIpc) is 2.53. The van der Waals surface area contributed by atoms with Crippen LogP contribution in [0.1, 0.15) is 22.6 Å². The van der Waals surface area contributed by atoms with Crippen LogP contribution in [0, 0.1) is 18.6 Å². The number of halogens is 2. The minimum atomic E-state index is -0.846. The predicted octanol–water partition coefficient (Wildman–Crippen LogP) is 2.68. The lowest BCUT2D eigenvalue weighted by molar-refractivity contribution is 0.102. The first-order chi connectivity index (χ1) is 11.8. The Balaban J connectivity index is 2.06. The summed E-state index contributed by atoms with van der Waals surface area (Å²) >= 11 is 0. The predicted molar refractivity (Wildman–Crippen MR) is 92.7 cm³/mol. The van der Waals surface area contributed by atoms with Gasteiger partial charge in [0.1, 0.15) is 17.3 Å². The van der Waals surface area contributed by atoms with Gasteiger partial charge in [-0.15, -0.1) is 0 Å². The van der Waals surface area contributed by atoms with E-state index >= 15 is 0 Å². The summed E-state index contributed by atoms with van der Waals surface area (Å²) in [7, 11) is 3.97. The lowest BCUT2D eigenvalue weighted by atomic mass is 10.2. The van der Waals surface area contributed by atoms with Crippen molar-refractivity contribution in [2.75, 3.05) is 37.8 Å². The number of carbonyl (C=O) groups excluding carboxylic acids is 1. The van der Waals surface area contributed by atoms with E-state index in [1.54, 1.807) is 6.92 Å². The Labute approximate surface area is 145 Å². The average molecular weight is 349 g/mol. The molecule has 0 fully saturated rings. The summed E-state index contributed by atoms with van der Waals surface area (Å²) in [6.07, 6.45) is 0.895. The molecule has 1 aromatic carbocycles. The summed E-state index contributed by atoms with van der Waals surface area (Å²) in [6, 6.07) is 4.44. The number of aryl methyl sites for hydroxylation is 1. The van der Waals surface area contributed by atoms with Crippen molar-refractivity contribution in [1.29, 1.82) is 0 Å². The molecule has 0 unspecified atom stereocenters. The molecule has 0 aliphatic rings. The lowest BCUT2D eigenvalue weighted by Crippen LogP contribution is -2.19. The molecule has 2 rings (SSSR count). The Morgan fingerprint density at radius 3 is 2.64 bits per heavy atom. The van der Waals surface area contributed by atoms with Crippen LogP contribution in [0.3, 0.4) is 0 Å². The smallest absolute Gasteiger partial charge is 0.274 e. The largest absolute Gasteiger partial charge is 0.354 e. The Morgan fingerprint density at radius 2 is 1.96 bits per heavy atom. The molecular formula is C17H21F2N5O. The first-order valence-electron chi connectivity index (χ1n) is 7.86. The quantitative estimate of drug-likeness (QED) is 0.752. The van der Waals surface area contributed by atoms with Gasteiger partial charge in [0.2, 0.25) is 5.95 Å². The van der Waals surface area contributed by atoms with Crippen molar-refractivity contribution in [3.63, 3.8) is 0 Å². The van der Waals surface area contributed by atoms with Crippen molar-refractivity contribution in [1.82, 2.24) is 14.9 Å². The highest BCUT2D eigenvalue weighted by Crippen LogP contribution is 2.16. The zero-order valence-electron chi connectivity index (χ0n) is 14.4. The molecule has 6 nitrogen and oxygen atoms in total. The standard InChI is InChI=1S/C17H21F2N5O/c1-11-9-15(23-17(21-11)20-7-4-8-24(2)3)16(25)22-14-6-5-12(18)10-13(14)19/h5-6,9-10H,4,7-8H2,1-3H3,(H,22,25)(H,20,21,23). The second-order valence-corrected chi connectivity index (χ2v) is 5.88. The minimum absolute atomic E-state index is 0.103. The molecule has 0 spiro atoms. The van der Waals surface area contributed by atoms with E-state index in [4.69, 9.17) is 0 Å². The van der Waals surface area contributed by atoms with Gasteiger partial charge in [-0.25, -0.2) is 18.7 Å². The Bertz CT molecular complexity index is 752. The molecule has 0 radical (unpaired) electrons. The van der Waals surface area contributed by atoms with Crippen LogP contribution < -0.4 is 10.6 Å². The maximum absolute atomic E-state index is 13.7. The second-order valence-electron chi connectivity index (χ2n) is 5.88. The van der Waals surface area contributed by atoms with Crippen molar-refractivity contribution in [2.45, 2.75) is 13.3 Å². The number of benzene rings is 1. The van der Waals surface area contributed by atoms with E-state index < -0.39 is 17.5 Å². The van der Waals surface area contributed by atoms with Gasteiger partial charge in [-0.3, -0.25) is 4.79 Å². The molecule has 1 amide bonds. The molecule has 1 aromatic heterocycles.